The lowest BCUT2D eigenvalue weighted by Crippen LogP contribution is -2.17. The first-order valence-corrected chi connectivity index (χ1v) is 5.03. The predicted molar refractivity (Wildman–Crippen MR) is 55.4 cm³/mol. The van der Waals surface area contributed by atoms with Crippen LogP contribution in [0.2, 0.25) is 0 Å². The topological polar surface area (TPSA) is 34.1 Å². The zero-order valence-corrected chi connectivity index (χ0v) is 8.71. The van der Waals surface area contributed by atoms with Gasteiger partial charge in [0, 0.05) is 18.7 Å². The number of hydrogen-bond donors (Lipinski definition) is 1. The van der Waals surface area contributed by atoms with Gasteiger partial charge in [-0.25, -0.2) is 4.98 Å². The zero-order chi connectivity index (χ0) is 9.97. The van der Waals surface area contributed by atoms with E-state index in [4.69, 9.17) is 4.74 Å². The summed E-state index contributed by atoms with van der Waals surface area (Å²) in [5.41, 5.74) is 2.32. The van der Waals surface area contributed by atoms with E-state index in [2.05, 4.69) is 23.3 Å². The Morgan fingerprint density at radius 3 is 2.93 bits per heavy atom. The molecule has 2 rings (SSSR count). The molecule has 1 aliphatic rings. The fourth-order valence-corrected chi connectivity index (χ4v) is 1.37. The highest BCUT2D eigenvalue weighted by atomic mass is 16.5. The van der Waals surface area contributed by atoms with Crippen LogP contribution < -0.4 is 10.1 Å². The molecule has 0 unspecified atom stereocenters. The number of ether oxygens (including phenoxy) is 1. The monoisotopic (exact) mass is 192 g/mol. The Balaban J connectivity index is 2.04. The minimum atomic E-state index is 0.697. The van der Waals surface area contributed by atoms with Gasteiger partial charge in [-0.2, -0.15) is 0 Å². The summed E-state index contributed by atoms with van der Waals surface area (Å²) in [6.07, 6.45) is 2.62. The van der Waals surface area contributed by atoms with Gasteiger partial charge in [-0.1, -0.05) is 6.07 Å². The Kier molecular flexibility index (Phi) is 2.68. The number of nitrogens with zero attached hydrogens (tertiary/aromatic N) is 1. The number of aryl methyl sites for hydroxylation is 1. The molecule has 0 aromatic carbocycles. The van der Waals surface area contributed by atoms with Gasteiger partial charge in [-0.15, -0.1) is 0 Å². The van der Waals surface area contributed by atoms with Gasteiger partial charge in [0.25, 0.3) is 0 Å². The van der Waals surface area contributed by atoms with Crippen LogP contribution in [0.3, 0.4) is 0 Å². The van der Waals surface area contributed by atoms with E-state index in [9.17, 15) is 0 Å². The van der Waals surface area contributed by atoms with Crippen molar-refractivity contribution in [1.82, 2.24) is 10.3 Å². The highest BCUT2D eigenvalue weighted by Crippen LogP contribution is 2.20. The smallest absolute Gasteiger partial charge is 0.213 e. The minimum Gasteiger partial charge on any atom is -0.481 e. The molecule has 1 aromatic heterocycles. The van der Waals surface area contributed by atoms with E-state index in [-0.39, 0.29) is 0 Å². The quantitative estimate of drug-likeness (QED) is 0.787. The van der Waals surface area contributed by atoms with Crippen molar-refractivity contribution in [2.24, 2.45) is 0 Å². The van der Waals surface area contributed by atoms with Crippen LogP contribution in [-0.2, 0) is 6.54 Å². The van der Waals surface area contributed by atoms with E-state index in [1.807, 2.05) is 6.07 Å². The third kappa shape index (κ3) is 2.23. The molecule has 0 saturated heterocycles. The molecule has 1 aliphatic carbocycles. The molecule has 0 aliphatic heterocycles. The summed E-state index contributed by atoms with van der Waals surface area (Å²) in [5, 5.41) is 3.45. The van der Waals surface area contributed by atoms with Gasteiger partial charge in [0.05, 0.1) is 12.8 Å². The standard InChI is InChI=1S/C11H16N2O/c1-8-3-6-11(14-2)13-10(8)7-12-9-4-5-9/h3,6,9,12H,4-5,7H2,1-2H3. The molecule has 0 atom stereocenters. The summed E-state index contributed by atoms with van der Waals surface area (Å²) in [4.78, 5) is 4.41. The Morgan fingerprint density at radius 1 is 1.50 bits per heavy atom. The van der Waals surface area contributed by atoms with Crippen molar-refractivity contribution >= 4 is 0 Å². The number of pyridine rings is 1. The van der Waals surface area contributed by atoms with Crippen LogP contribution in [0.15, 0.2) is 12.1 Å². The number of hydrogen-bond acceptors (Lipinski definition) is 3. The molecule has 1 saturated carbocycles. The average molecular weight is 192 g/mol. The maximum atomic E-state index is 5.09. The fraction of sp³-hybridized carbons (Fsp3) is 0.545. The highest BCUT2D eigenvalue weighted by Gasteiger charge is 2.20. The zero-order valence-electron chi connectivity index (χ0n) is 8.71. The number of rotatable bonds is 4. The summed E-state index contributed by atoms with van der Waals surface area (Å²) in [7, 11) is 1.65. The van der Waals surface area contributed by atoms with E-state index >= 15 is 0 Å². The summed E-state index contributed by atoms with van der Waals surface area (Å²) < 4.78 is 5.09. The second-order valence-electron chi connectivity index (χ2n) is 3.77. The third-order valence-electron chi connectivity index (χ3n) is 2.52. The van der Waals surface area contributed by atoms with Crippen LogP contribution in [0.5, 0.6) is 5.88 Å². The molecular formula is C11H16N2O. The first kappa shape index (κ1) is 9.46. The first-order valence-electron chi connectivity index (χ1n) is 5.03. The molecule has 14 heavy (non-hydrogen) atoms. The molecule has 3 heteroatoms. The van der Waals surface area contributed by atoms with Crippen LogP contribution in [-0.4, -0.2) is 18.1 Å². The van der Waals surface area contributed by atoms with Gasteiger partial charge in [-0.05, 0) is 25.3 Å². The van der Waals surface area contributed by atoms with Gasteiger partial charge in [0.2, 0.25) is 5.88 Å². The van der Waals surface area contributed by atoms with E-state index < -0.39 is 0 Å². The lowest BCUT2D eigenvalue weighted by atomic mass is 10.2. The van der Waals surface area contributed by atoms with Crippen LogP contribution in [0.1, 0.15) is 24.1 Å². The summed E-state index contributed by atoms with van der Waals surface area (Å²) in [6, 6.07) is 4.67. The number of methoxy groups -OCH3 is 1. The molecule has 0 spiro atoms. The normalized spacial score (nSPS) is 15.6. The Labute approximate surface area is 84.5 Å². The molecule has 3 nitrogen and oxygen atoms in total. The molecule has 1 N–H and O–H groups in total. The summed E-state index contributed by atoms with van der Waals surface area (Å²) >= 11 is 0. The predicted octanol–water partition coefficient (Wildman–Crippen LogP) is 1.65. The SMILES string of the molecule is COc1ccc(C)c(CNC2CC2)n1. The molecule has 1 fully saturated rings. The third-order valence-corrected chi connectivity index (χ3v) is 2.52. The van der Waals surface area contributed by atoms with Gasteiger partial charge in [-0.3, -0.25) is 0 Å². The Morgan fingerprint density at radius 2 is 2.29 bits per heavy atom. The van der Waals surface area contributed by atoms with Crippen molar-refractivity contribution < 1.29 is 4.74 Å². The van der Waals surface area contributed by atoms with E-state index in [0.29, 0.717) is 5.88 Å². The van der Waals surface area contributed by atoms with Crippen molar-refractivity contribution in [3.63, 3.8) is 0 Å². The molecular weight excluding hydrogens is 176 g/mol. The molecule has 1 heterocycles. The van der Waals surface area contributed by atoms with E-state index in [1.165, 1.54) is 18.4 Å². The average Bonchev–Trinajstić information content (AvgIpc) is 3.00. The van der Waals surface area contributed by atoms with Crippen molar-refractivity contribution in [2.75, 3.05) is 7.11 Å². The molecule has 0 bridgehead atoms. The van der Waals surface area contributed by atoms with Crippen molar-refractivity contribution in [2.45, 2.75) is 32.4 Å². The molecule has 0 radical (unpaired) electrons. The number of aromatic nitrogens is 1. The fourth-order valence-electron chi connectivity index (χ4n) is 1.37. The highest BCUT2D eigenvalue weighted by molar-refractivity contribution is 5.24. The van der Waals surface area contributed by atoms with Crippen molar-refractivity contribution in [1.29, 1.82) is 0 Å². The Hall–Kier alpha value is -1.09. The van der Waals surface area contributed by atoms with Gasteiger partial charge < -0.3 is 10.1 Å². The van der Waals surface area contributed by atoms with Crippen molar-refractivity contribution in [3.8, 4) is 5.88 Å². The molecule has 0 amide bonds. The maximum absolute atomic E-state index is 5.09. The number of nitrogens with one attached hydrogen (secondary N) is 1. The van der Waals surface area contributed by atoms with Crippen LogP contribution in [0.25, 0.3) is 0 Å². The van der Waals surface area contributed by atoms with Crippen LogP contribution >= 0.6 is 0 Å². The van der Waals surface area contributed by atoms with Gasteiger partial charge >= 0.3 is 0 Å². The first-order chi connectivity index (χ1) is 6.79. The van der Waals surface area contributed by atoms with E-state index in [1.54, 1.807) is 7.11 Å². The van der Waals surface area contributed by atoms with Crippen molar-refractivity contribution in [3.05, 3.63) is 23.4 Å². The molecule has 76 valence electrons. The Bertz CT molecular complexity index is 321. The second-order valence-corrected chi connectivity index (χ2v) is 3.77. The lowest BCUT2D eigenvalue weighted by Gasteiger charge is -2.07. The lowest BCUT2D eigenvalue weighted by molar-refractivity contribution is 0.395. The van der Waals surface area contributed by atoms with Crippen LogP contribution in [0.4, 0.5) is 0 Å². The summed E-state index contributed by atoms with van der Waals surface area (Å²) in [6.45, 7) is 2.93. The largest absolute Gasteiger partial charge is 0.481 e. The van der Waals surface area contributed by atoms with Gasteiger partial charge in [0.15, 0.2) is 0 Å². The minimum absolute atomic E-state index is 0.697. The second kappa shape index (κ2) is 3.96. The van der Waals surface area contributed by atoms with E-state index in [0.717, 1.165) is 18.3 Å². The molecule has 1 aromatic rings. The maximum Gasteiger partial charge on any atom is 0.213 e. The van der Waals surface area contributed by atoms with Crippen LogP contribution in [0, 0.1) is 6.92 Å². The summed E-state index contributed by atoms with van der Waals surface area (Å²) in [5.74, 6) is 0.697. The van der Waals surface area contributed by atoms with Gasteiger partial charge in [0.1, 0.15) is 0 Å².